The zero-order valence-electron chi connectivity index (χ0n) is 10.8. The van der Waals surface area contributed by atoms with E-state index in [4.69, 9.17) is 16.6 Å². The van der Waals surface area contributed by atoms with Crippen LogP contribution in [0.1, 0.15) is 24.6 Å². The lowest BCUT2D eigenvalue weighted by Crippen LogP contribution is -2.07. The van der Waals surface area contributed by atoms with Crippen molar-refractivity contribution in [1.29, 1.82) is 0 Å². The van der Waals surface area contributed by atoms with Crippen molar-refractivity contribution < 1.29 is 8.81 Å². The van der Waals surface area contributed by atoms with Gasteiger partial charge in [0, 0.05) is 6.07 Å². The van der Waals surface area contributed by atoms with Crippen molar-refractivity contribution in [2.45, 2.75) is 19.9 Å². The highest BCUT2D eigenvalue weighted by Gasteiger charge is 2.18. The third-order valence-corrected chi connectivity index (χ3v) is 4.27. The first-order valence-corrected chi connectivity index (χ1v) is 7.47. The first-order valence-electron chi connectivity index (χ1n) is 5.99. The fourth-order valence-corrected chi connectivity index (χ4v) is 3.01. The van der Waals surface area contributed by atoms with Crippen LogP contribution in [0, 0.1) is 21.1 Å². The van der Waals surface area contributed by atoms with Crippen LogP contribution in [-0.4, -0.2) is 14.5 Å². The minimum Gasteiger partial charge on any atom is -0.444 e. The molecule has 1 aromatic carbocycles. The standard InChI is InChI=1S/C13H11FIN3OS/c1-6-5-16-12(19-6)7(2)18-11-3-8(14)9(15)4-10(11)17-13(18)20/h3-5,7H,1-2H3,(H,17,20). The lowest BCUT2D eigenvalue weighted by atomic mass is 10.2. The predicted molar refractivity (Wildman–Crippen MR) is 84.9 cm³/mol. The van der Waals surface area contributed by atoms with E-state index in [1.54, 1.807) is 12.3 Å². The van der Waals surface area contributed by atoms with Crippen LogP contribution in [0.3, 0.4) is 0 Å². The summed E-state index contributed by atoms with van der Waals surface area (Å²) in [5, 5.41) is 0. The molecule has 0 aliphatic heterocycles. The maximum atomic E-state index is 13.8. The Morgan fingerprint density at radius 2 is 2.25 bits per heavy atom. The van der Waals surface area contributed by atoms with E-state index in [0.29, 0.717) is 19.7 Å². The van der Waals surface area contributed by atoms with Crippen LogP contribution in [0.25, 0.3) is 11.0 Å². The van der Waals surface area contributed by atoms with Crippen LogP contribution in [0.15, 0.2) is 22.7 Å². The third kappa shape index (κ3) is 2.18. The van der Waals surface area contributed by atoms with Gasteiger partial charge in [0.15, 0.2) is 4.77 Å². The molecule has 0 saturated carbocycles. The number of fused-ring (bicyclic) bond motifs is 1. The van der Waals surface area contributed by atoms with E-state index < -0.39 is 0 Å². The molecule has 0 saturated heterocycles. The van der Waals surface area contributed by atoms with Gasteiger partial charge < -0.3 is 14.0 Å². The average Bonchev–Trinajstić information content (AvgIpc) is 2.93. The molecule has 0 fully saturated rings. The van der Waals surface area contributed by atoms with E-state index in [1.165, 1.54) is 6.07 Å². The summed E-state index contributed by atoms with van der Waals surface area (Å²) in [5.41, 5.74) is 1.51. The average molecular weight is 403 g/mol. The second-order valence-corrected chi connectivity index (χ2v) is 6.12. The number of imidazole rings is 1. The fourth-order valence-electron chi connectivity index (χ4n) is 2.18. The van der Waals surface area contributed by atoms with Gasteiger partial charge in [-0.25, -0.2) is 9.37 Å². The first-order chi connectivity index (χ1) is 9.47. The van der Waals surface area contributed by atoms with E-state index in [0.717, 1.165) is 11.3 Å². The molecule has 1 atom stereocenters. The maximum Gasteiger partial charge on any atom is 0.217 e. The van der Waals surface area contributed by atoms with Crippen LogP contribution in [-0.2, 0) is 0 Å². The number of aromatic nitrogens is 3. The Bertz CT molecular complexity index is 851. The maximum absolute atomic E-state index is 13.8. The zero-order chi connectivity index (χ0) is 14.4. The summed E-state index contributed by atoms with van der Waals surface area (Å²) in [4.78, 5) is 7.31. The molecule has 2 aromatic heterocycles. The van der Waals surface area contributed by atoms with E-state index in [1.807, 2.05) is 41.0 Å². The molecule has 0 aliphatic carbocycles. The highest BCUT2D eigenvalue weighted by atomic mass is 127. The zero-order valence-corrected chi connectivity index (χ0v) is 13.8. The molecule has 0 radical (unpaired) electrons. The van der Waals surface area contributed by atoms with E-state index in [-0.39, 0.29) is 11.9 Å². The third-order valence-electron chi connectivity index (χ3n) is 3.14. The number of rotatable bonds is 2. The number of nitrogens with zero attached hydrogens (tertiary/aromatic N) is 2. The summed E-state index contributed by atoms with van der Waals surface area (Å²) < 4.78 is 22.2. The van der Waals surface area contributed by atoms with Crippen molar-refractivity contribution in [3.05, 3.63) is 44.1 Å². The van der Waals surface area contributed by atoms with Gasteiger partial charge in [0.05, 0.1) is 20.8 Å². The van der Waals surface area contributed by atoms with Gasteiger partial charge in [-0.05, 0) is 54.7 Å². The summed E-state index contributed by atoms with van der Waals surface area (Å²) in [6.07, 6.45) is 1.66. The van der Waals surface area contributed by atoms with Gasteiger partial charge in [0.1, 0.15) is 17.6 Å². The summed E-state index contributed by atoms with van der Waals surface area (Å²) in [7, 11) is 0. The van der Waals surface area contributed by atoms with Crippen molar-refractivity contribution in [3.8, 4) is 0 Å². The fraction of sp³-hybridized carbons (Fsp3) is 0.231. The van der Waals surface area contributed by atoms with E-state index in [9.17, 15) is 4.39 Å². The van der Waals surface area contributed by atoms with Gasteiger partial charge in [-0.1, -0.05) is 0 Å². The van der Waals surface area contributed by atoms with Gasteiger partial charge in [0.25, 0.3) is 0 Å². The van der Waals surface area contributed by atoms with Crippen molar-refractivity contribution >= 4 is 45.8 Å². The van der Waals surface area contributed by atoms with E-state index in [2.05, 4.69) is 9.97 Å². The number of nitrogens with one attached hydrogen (secondary N) is 1. The van der Waals surface area contributed by atoms with Crippen LogP contribution < -0.4 is 0 Å². The van der Waals surface area contributed by atoms with Crippen LogP contribution in [0.5, 0.6) is 0 Å². The number of benzene rings is 1. The molecule has 0 aliphatic rings. The van der Waals surface area contributed by atoms with Crippen molar-refractivity contribution in [2.75, 3.05) is 0 Å². The van der Waals surface area contributed by atoms with Gasteiger partial charge >= 0.3 is 0 Å². The van der Waals surface area contributed by atoms with Gasteiger partial charge in [-0.15, -0.1) is 0 Å². The molecular formula is C13H11FIN3OS. The van der Waals surface area contributed by atoms with Gasteiger partial charge in [-0.3, -0.25) is 0 Å². The van der Waals surface area contributed by atoms with Crippen molar-refractivity contribution in [1.82, 2.24) is 14.5 Å². The number of halogens is 2. The number of aromatic amines is 1. The lowest BCUT2D eigenvalue weighted by Gasteiger charge is -2.11. The molecule has 4 nitrogen and oxygen atoms in total. The van der Waals surface area contributed by atoms with Crippen LogP contribution in [0.2, 0.25) is 0 Å². The number of hydrogen-bond acceptors (Lipinski definition) is 3. The van der Waals surface area contributed by atoms with Crippen molar-refractivity contribution in [3.63, 3.8) is 0 Å². The Balaban J connectivity index is 2.23. The largest absolute Gasteiger partial charge is 0.444 e. The Morgan fingerprint density at radius 1 is 1.50 bits per heavy atom. The predicted octanol–water partition coefficient (Wildman–Crippen LogP) is 4.35. The van der Waals surface area contributed by atoms with Gasteiger partial charge in [0.2, 0.25) is 5.89 Å². The molecule has 0 amide bonds. The van der Waals surface area contributed by atoms with Crippen molar-refractivity contribution in [2.24, 2.45) is 0 Å². The molecule has 2 heterocycles. The number of oxazole rings is 1. The Labute approximate surface area is 133 Å². The normalized spacial score (nSPS) is 13.0. The monoisotopic (exact) mass is 403 g/mol. The number of aryl methyl sites for hydroxylation is 1. The minimum absolute atomic E-state index is 0.204. The summed E-state index contributed by atoms with van der Waals surface area (Å²) in [6, 6.07) is 3.02. The molecule has 104 valence electrons. The molecule has 0 bridgehead atoms. The van der Waals surface area contributed by atoms with Crippen LogP contribution >= 0.6 is 34.8 Å². The Kier molecular flexibility index (Phi) is 3.41. The topological polar surface area (TPSA) is 46.8 Å². The SMILES string of the molecule is Cc1cnc(C(C)n2c(=S)[nH]c3cc(I)c(F)cc32)o1. The summed E-state index contributed by atoms with van der Waals surface area (Å²) >= 11 is 7.29. The molecule has 7 heteroatoms. The van der Waals surface area contributed by atoms with Gasteiger partial charge in [-0.2, -0.15) is 0 Å². The molecular weight excluding hydrogens is 392 g/mol. The lowest BCUT2D eigenvalue weighted by molar-refractivity contribution is 0.417. The second-order valence-electron chi connectivity index (χ2n) is 4.57. The summed E-state index contributed by atoms with van der Waals surface area (Å²) in [5.74, 6) is 1.02. The molecule has 1 N–H and O–H groups in total. The smallest absolute Gasteiger partial charge is 0.217 e. The Morgan fingerprint density at radius 3 is 2.90 bits per heavy atom. The Hall–Kier alpha value is -1.22. The summed E-state index contributed by atoms with van der Waals surface area (Å²) in [6.45, 7) is 3.75. The molecule has 3 aromatic rings. The van der Waals surface area contributed by atoms with Crippen LogP contribution in [0.4, 0.5) is 4.39 Å². The highest BCUT2D eigenvalue weighted by molar-refractivity contribution is 14.1. The molecule has 3 rings (SSSR count). The highest BCUT2D eigenvalue weighted by Crippen LogP contribution is 2.26. The molecule has 1 unspecified atom stereocenters. The number of hydrogen-bond donors (Lipinski definition) is 1. The first kappa shape index (κ1) is 13.7. The van der Waals surface area contributed by atoms with E-state index >= 15 is 0 Å². The number of H-pyrrole nitrogens is 1. The second kappa shape index (κ2) is 4.96. The minimum atomic E-state index is -0.267. The molecule has 0 spiro atoms. The quantitative estimate of drug-likeness (QED) is 0.511. The molecule has 20 heavy (non-hydrogen) atoms.